The third-order valence-electron chi connectivity index (χ3n) is 2.44. The van der Waals surface area contributed by atoms with Gasteiger partial charge in [-0.1, -0.05) is 60.7 Å². The molecule has 0 unspecified atom stereocenters. The smallest absolute Gasteiger partial charge is 0.0543 e. The minimum atomic E-state index is 0. The summed E-state index contributed by atoms with van der Waals surface area (Å²) >= 11 is 1.88. The van der Waals surface area contributed by atoms with Gasteiger partial charge < -0.3 is 0 Å². The fraction of sp³-hybridized carbons (Fsp3) is 0.143. The molecule has 2 aromatic carbocycles. The van der Waals surface area contributed by atoms with Crippen molar-refractivity contribution in [2.45, 2.75) is 5.25 Å². The molecule has 0 amide bonds. The molecule has 0 radical (unpaired) electrons. The summed E-state index contributed by atoms with van der Waals surface area (Å²) in [5.74, 6) is 0. The van der Waals surface area contributed by atoms with Gasteiger partial charge >= 0.3 is 0 Å². The molecule has 2 aromatic rings. The van der Waals surface area contributed by atoms with Gasteiger partial charge in [-0.2, -0.15) is 11.8 Å². The maximum Gasteiger partial charge on any atom is 0.0543 e. The standard InChI is InChI=1S/C14H14S.Pt/c1-15-14(12-8-4-2-5-9-12)13-10-6-3-7-11-13;/h2-11,14H,1H3;. The van der Waals surface area contributed by atoms with Crippen molar-refractivity contribution >= 4 is 11.8 Å². The Morgan fingerprint density at radius 2 is 1.12 bits per heavy atom. The van der Waals surface area contributed by atoms with Crippen LogP contribution in [0.1, 0.15) is 16.4 Å². The van der Waals surface area contributed by atoms with Crippen LogP contribution in [0.3, 0.4) is 0 Å². The monoisotopic (exact) mass is 409 g/mol. The molecule has 0 bridgehead atoms. The van der Waals surface area contributed by atoms with E-state index in [1.165, 1.54) is 11.1 Å². The summed E-state index contributed by atoms with van der Waals surface area (Å²) < 4.78 is 0. The maximum atomic E-state index is 2.19. The second-order valence-electron chi connectivity index (χ2n) is 3.44. The summed E-state index contributed by atoms with van der Waals surface area (Å²) in [6.07, 6.45) is 2.16. The average Bonchev–Trinajstić information content (AvgIpc) is 2.33. The van der Waals surface area contributed by atoms with Crippen LogP contribution in [0.15, 0.2) is 60.7 Å². The molecule has 2 rings (SSSR count). The Labute approximate surface area is 116 Å². The Morgan fingerprint density at radius 1 is 0.750 bits per heavy atom. The van der Waals surface area contributed by atoms with Crippen molar-refractivity contribution in [3.63, 3.8) is 0 Å². The van der Waals surface area contributed by atoms with E-state index >= 15 is 0 Å². The molecule has 0 aliphatic heterocycles. The third-order valence-corrected chi connectivity index (χ3v) is 3.46. The molecule has 0 aliphatic carbocycles. The Balaban J connectivity index is 0.00000128. The molecule has 0 nitrogen and oxygen atoms in total. The van der Waals surface area contributed by atoms with Gasteiger partial charge in [0, 0.05) is 21.1 Å². The normalized spacial score (nSPS) is 9.88. The molecule has 0 fully saturated rings. The summed E-state index contributed by atoms with van der Waals surface area (Å²) in [5.41, 5.74) is 2.74. The molecule has 0 saturated carbocycles. The van der Waals surface area contributed by atoms with Crippen LogP contribution < -0.4 is 0 Å². The van der Waals surface area contributed by atoms with Crippen molar-refractivity contribution in [1.29, 1.82) is 0 Å². The van der Waals surface area contributed by atoms with Crippen molar-refractivity contribution < 1.29 is 21.1 Å². The van der Waals surface area contributed by atoms with Crippen molar-refractivity contribution in [2.24, 2.45) is 0 Å². The van der Waals surface area contributed by atoms with Crippen LogP contribution in [0, 0.1) is 0 Å². The van der Waals surface area contributed by atoms with Gasteiger partial charge in [-0.25, -0.2) is 0 Å². The number of benzene rings is 2. The van der Waals surface area contributed by atoms with E-state index < -0.39 is 0 Å². The predicted octanol–water partition coefficient (Wildman–Crippen LogP) is 4.14. The molecule has 2 heteroatoms. The van der Waals surface area contributed by atoms with Crippen molar-refractivity contribution in [3.05, 3.63) is 71.8 Å². The molecule has 86 valence electrons. The van der Waals surface area contributed by atoms with E-state index in [1.54, 1.807) is 0 Å². The first-order chi connectivity index (χ1) is 7.42. The minimum absolute atomic E-state index is 0. The first kappa shape index (κ1) is 13.5. The molecule has 0 atom stereocenters. The number of thioether (sulfide) groups is 1. The topological polar surface area (TPSA) is 0 Å². The quantitative estimate of drug-likeness (QED) is 0.735. The van der Waals surface area contributed by atoms with Crippen LogP contribution in [0.2, 0.25) is 0 Å². The minimum Gasteiger partial charge on any atom is -0.152 e. The van der Waals surface area contributed by atoms with E-state index in [9.17, 15) is 0 Å². The van der Waals surface area contributed by atoms with Gasteiger partial charge in [0.2, 0.25) is 0 Å². The fourth-order valence-electron chi connectivity index (χ4n) is 1.72. The van der Waals surface area contributed by atoms with E-state index in [1.807, 2.05) is 11.8 Å². The Morgan fingerprint density at radius 3 is 1.44 bits per heavy atom. The Kier molecular flexibility index (Phi) is 5.87. The van der Waals surface area contributed by atoms with Gasteiger partial charge in [0.15, 0.2) is 0 Å². The zero-order valence-electron chi connectivity index (χ0n) is 9.08. The fourth-order valence-corrected chi connectivity index (χ4v) is 2.58. The van der Waals surface area contributed by atoms with Crippen molar-refractivity contribution in [3.8, 4) is 0 Å². The second kappa shape index (κ2) is 6.93. The molecule has 0 aromatic heterocycles. The maximum absolute atomic E-state index is 2.19. The van der Waals surface area contributed by atoms with Gasteiger partial charge in [0.05, 0.1) is 5.25 Å². The van der Waals surface area contributed by atoms with Crippen LogP contribution in [0.5, 0.6) is 0 Å². The SMILES string of the molecule is CSC(c1ccccc1)c1ccccc1.[Pt]. The average molecular weight is 409 g/mol. The molecule has 0 aliphatic rings. The van der Waals surface area contributed by atoms with E-state index in [0.29, 0.717) is 5.25 Å². The second-order valence-corrected chi connectivity index (χ2v) is 4.38. The van der Waals surface area contributed by atoms with Crippen LogP contribution in [-0.2, 0) is 21.1 Å². The summed E-state index contributed by atoms with van der Waals surface area (Å²) in [6, 6.07) is 21.3. The molecule has 0 N–H and O–H groups in total. The Hall–Kier alpha value is -0.522. The van der Waals surface area contributed by atoms with Crippen LogP contribution in [-0.4, -0.2) is 6.26 Å². The molecule has 0 heterocycles. The molecule has 0 saturated heterocycles. The number of hydrogen-bond acceptors (Lipinski definition) is 1. The van der Waals surface area contributed by atoms with Gasteiger partial charge in [-0.3, -0.25) is 0 Å². The summed E-state index contributed by atoms with van der Waals surface area (Å²) in [7, 11) is 0. The van der Waals surface area contributed by atoms with Gasteiger partial charge in [-0.05, 0) is 17.4 Å². The zero-order chi connectivity index (χ0) is 10.5. The van der Waals surface area contributed by atoms with Gasteiger partial charge in [0.25, 0.3) is 0 Å². The van der Waals surface area contributed by atoms with Crippen molar-refractivity contribution in [1.82, 2.24) is 0 Å². The van der Waals surface area contributed by atoms with Crippen LogP contribution in [0.4, 0.5) is 0 Å². The summed E-state index contributed by atoms with van der Waals surface area (Å²) in [6.45, 7) is 0. The van der Waals surface area contributed by atoms with E-state index in [0.717, 1.165) is 0 Å². The van der Waals surface area contributed by atoms with E-state index in [4.69, 9.17) is 0 Å². The number of hydrogen-bond donors (Lipinski definition) is 0. The first-order valence-corrected chi connectivity index (χ1v) is 6.33. The third kappa shape index (κ3) is 3.23. The zero-order valence-corrected chi connectivity index (χ0v) is 12.2. The van der Waals surface area contributed by atoms with Crippen LogP contribution >= 0.6 is 11.8 Å². The first-order valence-electron chi connectivity index (χ1n) is 5.04. The van der Waals surface area contributed by atoms with Crippen LogP contribution in [0.25, 0.3) is 0 Å². The van der Waals surface area contributed by atoms with E-state index in [2.05, 4.69) is 66.9 Å². The molecular formula is C14H14PtS. The predicted molar refractivity (Wildman–Crippen MR) is 68.2 cm³/mol. The largest absolute Gasteiger partial charge is 0.152 e. The van der Waals surface area contributed by atoms with E-state index in [-0.39, 0.29) is 21.1 Å². The van der Waals surface area contributed by atoms with Crippen molar-refractivity contribution in [2.75, 3.05) is 6.26 Å². The molecular weight excluding hydrogens is 395 g/mol. The summed E-state index contributed by atoms with van der Waals surface area (Å²) in [4.78, 5) is 0. The Bertz CT molecular complexity index is 360. The molecule has 0 spiro atoms. The number of rotatable bonds is 3. The van der Waals surface area contributed by atoms with Gasteiger partial charge in [0.1, 0.15) is 0 Å². The summed E-state index contributed by atoms with van der Waals surface area (Å²) in [5, 5.41) is 0.451. The van der Waals surface area contributed by atoms with Gasteiger partial charge in [-0.15, -0.1) is 0 Å². The molecule has 16 heavy (non-hydrogen) atoms.